The fourth-order valence-corrected chi connectivity index (χ4v) is 2.67. The Morgan fingerprint density at radius 3 is 2.81 bits per heavy atom. The predicted molar refractivity (Wildman–Crippen MR) is 76.6 cm³/mol. The van der Waals surface area contributed by atoms with E-state index in [-0.39, 0.29) is 24.5 Å². The second-order valence-corrected chi connectivity index (χ2v) is 5.71. The molecule has 21 heavy (non-hydrogen) atoms. The summed E-state index contributed by atoms with van der Waals surface area (Å²) in [5.74, 6) is 0.365. The van der Waals surface area contributed by atoms with Gasteiger partial charge < -0.3 is 9.47 Å². The van der Waals surface area contributed by atoms with Crippen LogP contribution in [-0.4, -0.2) is 31.8 Å². The Hall–Kier alpha value is -1.05. The van der Waals surface area contributed by atoms with E-state index in [0.717, 1.165) is 25.1 Å². The molecule has 6 heteroatoms. The van der Waals surface area contributed by atoms with Gasteiger partial charge in [0.15, 0.2) is 6.35 Å². The summed E-state index contributed by atoms with van der Waals surface area (Å²) in [6.07, 6.45) is 1.70. The molecule has 0 bridgehead atoms. The van der Waals surface area contributed by atoms with Crippen LogP contribution < -0.4 is 16.2 Å². The van der Waals surface area contributed by atoms with Crippen molar-refractivity contribution >= 4 is 0 Å². The van der Waals surface area contributed by atoms with Gasteiger partial charge in [-0.15, -0.1) is 0 Å². The molecule has 1 aromatic rings. The van der Waals surface area contributed by atoms with E-state index in [9.17, 15) is 4.39 Å². The number of hydrogen-bond acceptors (Lipinski definition) is 5. The number of hydrogen-bond donors (Lipinski definition) is 3. The Balaban J connectivity index is 1.41. The number of nitrogens with one attached hydrogen (secondary N) is 3. The zero-order chi connectivity index (χ0) is 14.7. The molecule has 0 saturated carbocycles. The maximum atomic E-state index is 12.9. The minimum Gasteiger partial charge on any atom is -0.377 e. The summed E-state index contributed by atoms with van der Waals surface area (Å²) in [6.45, 7) is 3.82. The molecule has 5 nitrogen and oxygen atoms in total. The highest BCUT2D eigenvalue weighted by Crippen LogP contribution is 2.19. The molecule has 1 aromatic carbocycles. The number of ether oxygens (including phenoxy) is 2. The Kier molecular flexibility index (Phi) is 4.82. The zero-order valence-corrected chi connectivity index (χ0v) is 12.1. The molecular weight excluding hydrogens is 273 g/mol. The SMILES string of the molecule is CC1CCOC1CNC1NNC(Cc2ccc(F)cc2)O1. The van der Waals surface area contributed by atoms with E-state index in [1.165, 1.54) is 12.1 Å². The summed E-state index contributed by atoms with van der Waals surface area (Å²) < 4.78 is 24.3. The summed E-state index contributed by atoms with van der Waals surface area (Å²) in [5.41, 5.74) is 7.18. The van der Waals surface area contributed by atoms with E-state index >= 15 is 0 Å². The Morgan fingerprint density at radius 2 is 2.10 bits per heavy atom. The Labute approximate surface area is 124 Å². The maximum Gasteiger partial charge on any atom is 0.178 e. The number of halogens is 1. The standard InChI is InChI=1S/C15H22FN3O2/c1-10-6-7-20-13(10)9-17-15-19-18-14(21-15)8-11-2-4-12(16)5-3-11/h2-5,10,13-15,17-19H,6-9H2,1H3. The van der Waals surface area contributed by atoms with Gasteiger partial charge in [0.2, 0.25) is 0 Å². The Bertz CT molecular complexity index is 457. The normalized spacial score (nSPS) is 32.7. The van der Waals surface area contributed by atoms with Crippen LogP contribution in [0.25, 0.3) is 0 Å². The van der Waals surface area contributed by atoms with Gasteiger partial charge in [0.05, 0.1) is 6.10 Å². The van der Waals surface area contributed by atoms with E-state index in [4.69, 9.17) is 9.47 Å². The van der Waals surface area contributed by atoms with Crippen molar-refractivity contribution in [3.63, 3.8) is 0 Å². The van der Waals surface area contributed by atoms with Crippen LogP contribution in [0.4, 0.5) is 4.39 Å². The molecule has 116 valence electrons. The fraction of sp³-hybridized carbons (Fsp3) is 0.600. The first-order chi connectivity index (χ1) is 10.2. The number of benzene rings is 1. The van der Waals surface area contributed by atoms with Crippen LogP contribution in [-0.2, 0) is 15.9 Å². The van der Waals surface area contributed by atoms with Crippen LogP contribution >= 0.6 is 0 Å². The van der Waals surface area contributed by atoms with Gasteiger partial charge in [0, 0.05) is 19.6 Å². The van der Waals surface area contributed by atoms with Crippen molar-refractivity contribution in [3.05, 3.63) is 35.6 Å². The molecule has 2 aliphatic heterocycles. The Morgan fingerprint density at radius 1 is 1.29 bits per heavy atom. The van der Waals surface area contributed by atoms with Gasteiger partial charge in [-0.1, -0.05) is 19.1 Å². The van der Waals surface area contributed by atoms with Crippen molar-refractivity contribution in [1.82, 2.24) is 16.2 Å². The van der Waals surface area contributed by atoms with Crippen LogP contribution in [0.15, 0.2) is 24.3 Å². The molecule has 2 fully saturated rings. The minimum absolute atomic E-state index is 0.130. The van der Waals surface area contributed by atoms with Gasteiger partial charge in [-0.25, -0.2) is 15.2 Å². The second kappa shape index (κ2) is 6.81. The van der Waals surface area contributed by atoms with Gasteiger partial charge in [-0.05, 0) is 30.0 Å². The van der Waals surface area contributed by atoms with E-state index < -0.39 is 0 Å². The van der Waals surface area contributed by atoms with E-state index in [1.54, 1.807) is 12.1 Å². The molecule has 4 unspecified atom stereocenters. The topological polar surface area (TPSA) is 54.5 Å². The lowest BCUT2D eigenvalue weighted by Crippen LogP contribution is -2.45. The average Bonchev–Trinajstić information content (AvgIpc) is 3.08. The molecule has 3 N–H and O–H groups in total. The fourth-order valence-electron chi connectivity index (χ4n) is 2.67. The van der Waals surface area contributed by atoms with Crippen molar-refractivity contribution in [2.45, 2.75) is 38.4 Å². The lowest BCUT2D eigenvalue weighted by molar-refractivity contribution is 0.00368. The monoisotopic (exact) mass is 295 g/mol. The van der Waals surface area contributed by atoms with Crippen molar-refractivity contribution in [2.24, 2.45) is 5.92 Å². The molecule has 4 atom stereocenters. The van der Waals surface area contributed by atoms with E-state index in [1.807, 2.05) is 0 Å². The van der Waals surface area contributed by atoms with Gasteiger partial charge in [-0.3, -0.25) is 5.32 Å². The molecule has 3 rings (SSSR count). The molecule has 0 amide bonds. The average molecular weight is 295 g/mol. The molecule has 2 saturated heterocycles. The largest absolute Gasteiger partial charge is 0.377 e. The van der Waals surface area contributed by atoms with Crippen LogP contribution in [0.1, 0.15) is 18.9 Å². The summed E-state index contributed by atoms with van der Waals surface area (Å²) in [6, 6.07) is 6.48. The molecule has 2 heterocycles. The second-order valence-electron chi connectivity index (χ2n) is 5.71. The highest BCUT2D eigenvalue weighted by Gasteiger charge is 2.28. The van der Waals surface area contributed by atoms with Crippen LogP contribution in [0, 0.1) is 11.7 Å². The molecule has 0 aliphatic carbocycles. The van der Waals surface area contributed by atoms with Gasteiger partial charge in [0.1, 0.15) is 12.0 Å². The minimum atomic E-state index is -0.230. The lowest BCUT2D eigenvalue weighted by atomic mass is 10.0. The zero-order valence-electron chi connectivity index (χ0n) is 12.1. The maximum absolute atomic E-state index is 12.9. The highest BCUT2D eigenvalue weighted by molar-refractivity contribution is 5.16. The third-order valence-corrected chi connectivity index (χ3v) is 4.05. The summed E-state index contributed by atoms with van der Waals surface area (Å²) in [7, 11) is 0. The smallest absolute Gasteiger partial charge is 0.178 e. The van der Waals surface area contributed by atoms with Gasteiger partial charge in [-0.2, -0.15) is 0 Å². The van der Waals surface area contributed by atoms with Crippen molar-refractivity contribution in [2.75, 3.05) is 13.2 Å². The first kappa shape index (κ1) is 14.9. The lowest BCUT2D eigenvalue weighted by Gasteiger charge is -2.18. The van der Waals surface area contributed by atoms with Crippen molar-refractivity contribution in [1.29, 1.82) is 0 Å². The van der Waals surface area contributed by atoms with Crippen molar-refractivity contribution in [3.8, 4) is 0 Å². The van der Waals surface area contributed by atoms with Gasteiger partial charge in [0.25, 0.3) is 0 Å². The first-order valence-electron chi connectivity index (χ1n) is 7.46. The number of rotatable bonds is 5. The van der Waals surface area contributed by atoms with E-state index in [0.29, 0.717) is 12.3 Å². The highest BCUT2D eigenvalue weighted by atomic mass is 19.1. The molecular formula is C15H22FN3O2. The van der Waals surface area contributed by atoms with Crippen LogP contribution in [0.2, 0.25) is 0 Å². The van der Waals surface area contributed by atoms with Gasteiger partial charge >= 0.3 is 0 Å². The van der Waals surface area contributed by atoms with Crippen molar-refractivity contribution < 1.29 is 13.9 Å². The third kappa shape index (κ3) is 3.99. The molecule has 0 spiro atoms. The quantitative estimate of drug-likeness (QED) is 0.760. The van der Waals surface area contributed by atoms with E-state index in [2.05, 4.69) is 23.1 Å². The van der Waals surface area contributed by atoms with Crippen LogP contribution in [0.5, 0.6) is 0 Å². The number of hydrazine groups is 1. The molecule has 0 aromatic heterocycles. The summed E-state index contributed by atoms with van der Waals surface area (Å²) >= 11 is 0. The summed E-state index contributed by atoms with van der Waals surface area (Å²) in [4.78, 5) is 0. The van der Waals surface area contributed by atoms with Crippen LogP contribution in [0.3, 0.4) is 0 Å². The third-order valence-electron chi connectivity index (χ3n) is 4.05. The molecule has 0 radical (unpaired) electrons. The summed E-state index contributed by atoms with van der Waals surface area (Å²) in [5, 5.41) is 3.30. The predicted octanol–water partition coefficient (Wildman–Crippen LogP) is 1.12. The first-order valence-corrected chi connectivity index (χ1v) is 7.46. The molecule has 2 aliphatic rings.